The van der Waals surface area contributed by atoms with Gasteiger partial charge >= 0.3 is 0 Å². The topological polar surface area (TPSA) is 77.1 Å². The number of hydrogen-bond acceptors (Lipinski definition) is 3. The number of nitrogens with two attached hydrogens (primary N) is 1. The summed E-state index contributed by atoms with van der Waals surface area (Å²) in [7, 11) is 0. The van der Waals surface area contributed by atoms with Crippen LogP contribution in [0.25, 0.3) is 0 Å². The zero-order valence-electron chi connectivity index (χ0n) is 11.0. The first-order valence-corrected chi connectivity index (χ1v) is 6.12. The van der Waals surface area contributed by atoms with E-state index in [9.17, 15) is 18.4 Å². The minimum absolute atomic E-state index is 0.0348. The molecule has 0 saturated heterocycles. The van der Waals surface area contributed by atoms with Crippen molar-refractivity contribution in [2.45, 2.75) is 13.1 Å². The van der Waals surface area contributed by atoms with Gasteiger partial charge in [-0.15, -0.1) is 0 Å². The molecule has 0 spiro atoms. The average Bonchev–Trinajstić information content (AvgIpc) is 2.44. The summed E-state index contributed by atoms with van der Waals surface area (Å²) in [5.41, 5.74) is 5.96. The van der Waals surface area contributed by atoms with Crippen molar-refractivity contribution in [3.8, 4) is 0 Å². The summed E-state index contributed by atoms with van der Waals surface area (Å²) in [6.07, 6.45) is 1.36. The molecular weight excluding hydrogens is 280 g/mol. The van der Waals surface area contributed by atoms with Crippen molar-refractivity contribution in [3.05, 3.63) is 64.1 Å². The lowest BCUT2D eigenvalue weighted by Gasteiger charge is -2.08. The van der Waals surface area contributed by atoms with Crippen molar-refractivity contribution in [3.63, 3.8) is 0 Å². The van der Waals surface area contributed by atoms with Crippen LogP contribution in [-0.4, -0.2) is 10.5 Å². The van der Waals surface area contributed by atoms with E-state index in [2.05, 4.69) is 5.32 Å². The van der Waals surface area contributed by atoms with E-state index >= 15 is 0 Å². The van der Waals surface area contributed by atoms with Crippen LogP contribution in [0.3, 0.4) is 0 Å². The number of amides is 1. The highest BCUT2D eigenvalue weighted by atomic mass is 19.2. The maximum absolute atomic E-state index is 13.0. The molecule has 110 valence electrons. The van der Waals surface area contributed by atoms with Crippen LogP contribution < -0.4 is 16.6 Å². The van der Waals surface area contributed by atoms with Gasteiger partial charge < -0.3 is 15.6 Å². The number of nitrogens with one attached hydrogen (secondary N) is 1. The lowest BCUT2D eigenvalue weighted by molar-refractivity contribution is -0.121. The van der Waals surface area contributed by atoms with Crippen LogP contribution >= 0.6 is 0 Å². The van der Waals surface area contributed by atoms with Gasteiger partial charge in [0.2, 0.25) is 5.91 Å². The Hall–Kier alpha value is -2.70. The largest absolute Gasteiger partial charge is 0.398 e. The van der Waals surface area contributed by atoms with Gasteiger partial charge in [0.1, 0.15) is 6.54 Å². The molecule has 0 fully saturated rings. The molecule has 5 nitrogen and oxygen atoms in total. The van der Waals surface area contributed by atoms with Gasteiger partial charge in [-0.1, -0.05) is 6.07 Å². The van der Waals surface area contributed by atoms with E-state index in [1.165, 1.54) is 24.4 Å². The number of benzene rings is 1. The number of carbonyl (C=O) groups excluding carboxylic acids is 1. The van der Waals surface area contributed by atoms with E-state index in [4.69, 9.17) is 5.73 Å². The Labute approximate surface area is 119 Å². The van der Waals surface area contributed by atoms with E-state index in [1.807, 2.05) is 0 Å². The Morgan fingerprint density at radius 1 is 1.19 bits per heavy atom. The fraction of sp³-hybridized carbons (Fsp3) is 0.143. The summed E-state index contributed by atoms with van der Waals surface area (Å²) in [6.45, 7) is -0.166. The molecule has 1 amide bonds. The third-order valence-electron chi connectivity index (χ3n) is 2.79. The zero-order chi connectivity index (χ0) is 15.4. The number of hydrogen-bond donors (Lipinski definition) is 2. The first-order chi connectivity index (χ1) is 9.95. The van der Waals surface area contributed by atoms with Crippen LogP contribution in [0, 0.1) is 11.6 Å². The Kier molecular flexibility index (Phi) is 4.32. The Morgan fingerprint density at radius 3 is 2.67 bits per heavy atom. The zero-order valence-corrected chi connectivity index (χ0v) is 11.0. The van der Waals surface area contributed by atoms with Gasteiger partial charge in [-0.2, -0.15) is 0 Å². The van der Waals surface area contributed by atoms with E-state index in [0.29, 0.717) is 11.3 Å². The Bertz CT molecular complexity index is 728. The quantitative estimate of drug-likeness (QED) is 0.883. The van der Waals surface area contributed by atoms with Crippen molar-refractivity contribution >= 4 is 11.6 Å². The third-order valence-corrected chi connectivity index (χ3v) is 2.79. The van der Waals surface area contributed by atoms with Gasteiger partial charge in [0.05, 0.1) is 0 Å². The monoisotopic (exact) mass is 293 g/mol. The highest BCUT2D eigenvalue weighted by Crippen LogP contribution is 2.08. The molecule has 0 aliphatic heterocycles. The van der Waals surface area contributed by atoms with Crippen LogP contribution in [0.1, 0.15) is 5.56 Å². The van der Waals surface area contributed by atoms with E-state index in [-0.39, 0.29) is 18.6 Å². The summed E-state index contributed by atoms with van der Waals surface area (Å²) in [5.74, 6) is -2.36. The average molecular weight is 293 g/mol. The molecule has 0 radical (unpaired) electrons. The van der Waals surface area contributed by atoms with Gasteiger partial charge in [-0.25, -0.2) is 8.78 Å². The molecule has 0 aliphatic carbocycles. The van der Waals surface area contributed by atoms with Crippen molar-refractivity contribution in [2.75, 3.05) is 5.73 Å². The SMILES string of the molecule is Nc1ccc(=O)n(CC(=O)NCc2ccc(F)c(F)c2)c1. The summed E-state index contributed by atoms with van der Waals surface area (Å²) in [6, 6.07) is 6.06. The molecule has 0 bridgehead atoms. The number of carbonyl (C=O) groups is 1. The third kappa shape index (κ3) is 3.88. The van der Waals surface area contributed by atoms with Gasteiger partial charge in [-0.3, -0.25) is 9.59 Å². The summed E-state index contributed by atoms with van der Waals surface area (Å²) >= 11 is 0. The molecule has 2 rings (SSSR count). The molecule has 7 heteroatoms. The lowest BCUT2D eigenvalue weighted by atomic mass is 10.2. The molecule has 0 saturated carbocycles. The summed E-state index contributed by atoms with van der Waals surface area (Å²) < 4.78 is 26.9. The van der Waals surface area contributed by atoms with Crippen LogP contribution in [-0.2, 0) is 17.9 Å². The van der Waals surface area contributed by atoms with E-state index in [0.717, 1.165) is 16.7 Å². The predicted octanol–water partition coefficient (Wildman–Crippen LogP) is 1.03. The molecule has 3 N–H and O–H groups in total. The fourth-order valence-corrected chi connectivity index (χ4v) is 1.73. The Balaban J connectivity index is 1.97. The summed E-state index contributed by atoms with van der Waals surface area (Å²) in [4.78, 5) is 23.2. The number of pyridine rings is 1. The minimum atomic E-state index is -0.978. The smallest absolute Gasteiger partial charge is 0.251 e. The van der Waals surface area contributed by atoms with Crippen molar-refractivity contribution < 1.29 is 13.6 Å². The standard InChI is InChI=1S/C14H13F2N3O2/c15-11-3-1-9(5-12(11)16)6-18-13(20)8-19-7-10(17)2-4-14(19)21/h1-5,7H,6,8,17H2,(H,18,20). The maximum Gasteiger partial charge on any atom is 0.251 e. The van der Waals surface area contributed by atoms with Gasteiger partial charge in [-0.05, 0) is 23.8 Å². The number of nitrogens with zero attached hydrogens (tertiary/aromatic N) is 1. The van der Waals surface area contributed by atoms with E-state index in [1.54, 1.807) is 0 Å². The second-order valence-corrected chi connectivity index (χ2v) is 4.45. The number of anilines is 1. The van der Waals surface area contributed by atoms with Gasteiger partial charge in [0.25, 0.3) is 5.56 Å². The maximum atomic E-state index is 13.0. The number of rotatable bonds is 4. The van der Waals surface area contributed by atoms with Gasteiger partial charge in [0.15, 0.2) is 11.6 Å². The minimum Gasteiger partial charge on any atom is -0.398 e. The first-order valence-electron chi connectivity index (χ1n) is 6.12. The van der Waals surface area contributed by atoms with Crippen LogP contribution in [0.4, 0.5) is 14.5 Å². The van der Waals surface area contributed by atoms with Crippen molar-refractivity contribution in [2.24, 2.45) is 0 Å². The second-order valence-electron chi connectivity index (χ2n) is 4.45. The number of nitrogen functional groups attached to an aromatic ring is 1. The molecule has 2 aromatic rings. The molecule has 0 atom stereocenters. The van der Waals surface area contributed by atoms with Crippen molar-refractivity contribution in [1.82, 2.24) is 9.88 Å². The number of aromatic nitrogens is 1. The summed E-state index contributed by atoms with van der Waals surface area (Å²) in [5, 5.41) is 2.51. The highest BCUT2D eigenvalue weighted by molar-refractivity contribution is 5.75. The molecule has 1 heterocycles. The van der Waals surface area contributed by atoms with Crippen LogP contribution in [0.2, 0.25) is 0 Å². The van der Waals surface area contributed by atoms with Crippen molar-refractivity contribution in [1.29, 1.82) is 0 Å². The molecule has 21 heavy (non-hydrogen) atoms. The molecule has 1 aromatic carbocycles. The second kappa shape index (κ2) is 6.17. The van der Waals surface area contributed by atoms with Gasteiger partial charge in [0, 0.05) is 24.5 Å². The molecule has 0 aliphatic rings. The fourth-order valence-electron chi connectivity index (χ4n) is 1.73. The Morgan fingerprint density at radius 2 is 1.95 bits per heavy atom. The predicted molar refractivity (Wildman–Crippen MR) is 73.3 cm³/mol. The number of halogens is 2. The van der Waals surface area contributed by atoms with Crippen LogP contribution in [0.15, 0.2) is 41.3 Å². The first kappa shape index (κ1) is 14.7. The van der Waals surface area contributed by atoms with E-state index < -0.39 is 17.5 Å². The lowest BCUT2D eigenvalue weighted by Crippen LogP contribution is -2.31. The molecule has 1 aromatic heterocycles. The van der Waals surface area contributed by atoms with Crippen LogP contribution in [0.5, 0.6) is 0 Å². The molecular formula is C14H13F2N3O2. The normalized spacial score (nSPS) is 10.4. The molecule has 0 unspecified atom stereocenters. The highest BCUT2D eigenvalue weighted by Gasteiger charge is 2.06.